The SMILES string of the molecule is CC/C(=C/c1ccc(C)nc1)CCl. The standard InChI is InChI=1S/C11H14ClN/c1-3-10(7-12)6-11-5-4-9(2)13-8-11/h4-6,8H,3,7H2,1-2H3/b10-6-. The minimum atomic E-state index is 0.602. The smallest absolute Gasteiger partial charge is 0.0436 e. The van der Waals surface area contributed by atoms with Crippen LogP contribution in [0.5, 0.6) is 0 Å². The summed E-state index contributed by atoms with van der Waals surface area (Å²) < 4.78 is 0. The second-order valence-corrected chi connectivity index (χ2v) is 3.29. The van der Waals surface area contributed by atoms with Crippen LogP contribution in [0.1, 0.15) is 24.6 Å². The molecule has 70 valence electrons. The van der Waals surface area contributed by atoms with E-state index in [-0.39, 0.29) is 0 Å². The number of halogens is 1. The molecule has 1 aromatic heterocycles. The molecule has 0 bridgehead atoms. The van der Waals surface area contributed by atoms with Crippen molar-refractivity contribution in [3.05, 3.63) is 35.2 Å². The van der Waals surface area contributed by atoms with Crippen molar-refractivity contribution in [2.45, 2.75) is 20.3 Å². The summed E-state index contributed by atoms with van der Waals surface area (Å²) in [6.07, 6.45) is 4.97. The molecule has 0 radical (unpaired) electrons. The first-order valence-corrected chi connectivity index (χ1v) is 4.97. The van der Waals surface area contributed by atoms with E-state index >= 15 is 0 Å². The van der Waals surface area contributed by atoms with Crippen molar-refractivity contribution in [2.75, 3.05) is 5.88 Å². The molecule has 0 atom stereocenters. The Labute approximate surface area is 84.5 Å². The van der Waals surface area contributed by atoms with Crippen molar-refractivity contribution in [3.8, 4) is 0 Å². The Morgan fingerprint density at radius 3 is 2.77 bits per heavy atom. The molecule has 0 fully saturated rings. The second-order valence-electron chi connectivity index (χ2n) is 3.02. The molecule has 0 aliphatic rings. The largest absolute Gasteiger partial charge is 0.261 e. The van der Waals surface area contributed by atoms with Crippen molar-refractivity contribution in [1.82, 2.24) is 4.98 Å². The van der Waals surface area contributed by atoms with Gasteiger partial charge in [-0.3, -0.25) is 4.98 Å². The molecular formula is C11H14ClN. The Morgan fingerprint density at radius 2 is 2.31 bits per heavy atom. The molecule has 1 rings (SSSR count). The zero-order valence-corrected chi connectivity index (χ0v) is 8.80. The van der Waals surface area contributed by atoms with E-state index in [2.05, 4.69) is 24.1 Å². The third-order valence-electron chi connectivity index (χ3n) is 1.93. The molecule has 0 saturated heterocycles. The van der Waals surface area contributed by atoms with Crippen LogP contribution < -0.4 is 0 Å². The fourth-order valence-corrected chi connectivity index (χ4v) is 1.30. The highest BCUT2D eigenvalue weighted by molar-refractivity contribution is 6.19. The summed E-state index contributed by atoms with van der Waals surface area (Å²) in [5.74, 6) is 0.602. The monoisotopic (exact) mass is 195 g/mol. The van der Waals surface area contributed by atoms with E-state index in [0.717, 1.165) is 17.7 Å². The summed E-state index contributed by atoms with van der Waals surface area (Å²) >= 11 is 5.76. The predicted molar refractivity (Wildman–Crippen MR) is 58.0 cm³/mol. The van der Waals surface area contributed by atoms with Crippen LogP contribution in [-0.4, -0.2) is 10.9 Å². The average Bonchev–Trinajstić information content (AvgIpc) is 2.17. The van der Waals surface area contributed by atoms with Crippen LogP contribution in [0.3, 0.4) is 0 Å². The van der Waals surface area contributed by atoms with Crippen LogP contribution in [0, 0.1) is 6.92 Å². The van der Waals surface area contributed by atoms with E-state index in [4.69, 9.17) is 11.6 Å². The van der Waals surface area contributed by atoms with E-state index in [1.807, 2.05) is 19.2 Å². The summed E-state index contributed by atoms with van der Waals surface area (Å²) in [5, 5.41) is 0. The van der Waals surface area contributed by atoms with Gasteiger partial charge in [-0.1, -0.05) is 24.6 Å². The Kier molecular flexibility index (Phi) is 3.97. The predicted octanol–water partition coefficient (Wildman–Crippen LogP) is 3.42. The molecule has 1 aromatic rings. The quantitative estimate of drug-likeness (QED) is 0.674. The molecule has 13 heavy (non-hydrogen) atoms. The maximum atomic E-state index is 5.76. The Bertz CT molecular complexity index is 281. The van der Waals surface area contributed by atoms with Gasteiger partial charge in [-0.15, -0.1) is 11.6 Å². The van der Waals surface area contributed by atoms with Crippen LogP contribution in [-0.2, 0) is 0 Å². The highest BCUT2D eigenvalue weighted by Crippen LogP contribution is 2.10. The maximum Gasteiger partial charge on any atom is 0.0436 e. The first kappa shape index (κ1) is 10.3. The van der Waals surface area contributed by atoms with E-state index in [1.165, 1.54) is 5.57 Å². The molecule has 0 aromatic carbocycles. The van der Waals surface area contributed by atoms with Gasteiger partial charge in [0.05, 0.1) is 0 Å². The van der Waals surface area contributed by atoms with E-state index < -0.39 is 0 Å². The van der Waals surface area contributed by atoms with Crippen molar-refractivity contribution < 1.29 is 0 Å². The summed E-state index contributed by atoms with van der Waals surface area (Å²) in [6, 6.07) is 4.07. The highest BCUT2D eigenvalue weighted by atomic mass is 35.5. The van der Waals surface area contributed by atoms with Crippen LogP contribution in [0.4, 0.5) is 0 Å². The molecular weight excluding hydrogens is 182 g/mol. The number of rotatable bonds is 3. The first-order valence-electron chi connectivity index (χ1n) is 4.44. The van der Waals surface area contributed by atoms with Gasteiger partial charge in [0.1, 0.15) is 0 Å². The van der Waals surface area contributed by atoms with E-state index in [9.17, 15) is 0 Å². The van der Waals surface area contributed by atoms with Gasteiger partial charge in [0.25, 0.3) is 0 Å². The molecule has 0 N–H and O–H groups in total. The lowest BCUT2D eigenvalue weighted by molar-refractivity contribution is 1.11. The topological polar surface area (TPSA) is 12.9 Å². The first-order chi connectivity index (χ1) is 6.26. The summed E-state index contributed by atoms with van der Waals surface area (Å²) in [4.78, 5) is 4.21. The van der Waals surface area contributed by atoms with E-state index in [1.54, 1.807) is 0 Å². The minimum absolute atomic E-state index is 0.602. The number of aryl methyl sites for hydroxylation is 1. The number of pyridine rings is 1. The third kappa shape index (κ3) is 3.19. The number of allylic oxidation sites excluding steroid dienone is 1. The minimum Gasteiger partial charge on any atom is -0.261 e. The molecule has 2 heteroatoms. The van der Waals surface area contributed by atoms with Crippen molar-refractivity contribution in [3.63, 3.8) is 0 Å². The van der Waals surface area contributed by atoms with Gasteiger partial charge in [0.2, 0.25) is 0 Å². The van der Waals surface area contributed by atoms with Crippen LogP contribution in [0.25, 0.3) is 6.08 Å². The number of nitrogens with zero attached hydrogens (tertiary/aromatic N) is 1. The van der Waals surface area contributed by atoms with Crippen molar-refractivity contribution >= 4 is 17.7 Å². The Morgan fingerprint density at radius 1 is 1.54 bits per heavy atom. The highest BCUT2D eigenvalue weighted by Gasteiger charge is 1.93. The molecule has 1 heterocycles. The van der Waals surface area contributed by atoms with Gasteiger partial charge >= 0.3 is 0 Å². The fraction of sp³-hybridized carbons (Fsp3) is 0.364. The fourth-order valence-electron chi connectivity index (χ4n) is 1.04. The van der Waals surface area contributed by atoms with Crippen LogP contribution in [0.15, 0.2) is 23.9 Å². The van der Waals surface area contributed by atoms with Gasteiger partial charge in [-0.2, -0.15) is 0 Å². The summed E-state index contributed by atoms with van der Waals surface area (Å²) in [7, 11) is 0. The van der Waals surface area contributed by atoms with Gasteiger partial charge in [0.15, 0.2) is 0 Å². The van der Waals surface area contributed by atoms with Gasteiger partial charge < -0.3 is 0 Å². The lowest BCUT2D eigenvalue weighted by atomic mass is 10.1. The second kappa shape index (κ2) is 5.03. The zero-order chi connectivity index (χ0) is 9.68. The molecule has 0 aliphatic carbocycles. The Hall–Kier alpha value is -0.820. The zero-order valence-electron chi connectivity index (χ0n) is 8.05. The maximum absolute atomic E-state index is 5.76. The number of aromatic nitrogens is 1. The van der Waals surface area contributed by atoms with Crippen molar-refractivity contribution in [1.29, 1.82) is 0 Å². The lowest BCUT2D eigenvalue weighted by Crippen LogP contribution is -1.85. The molecule has 0 unspecified atom stereocenters. The van der Waals surface area contributed by atoms with Crippen molar-refractivity contribution in [2.24, 2.45) is 0 Å². The Balaban J connectivity index is 2.84. The molecule has 0 spiro atoms. The van der Waals surface area contributed by atoms with Crippen LogP contribution in [0.2, 0.25) is 0 Å². The number of alkyl halides is 1. The average molecular weight is 196 g/mol. The van der Waals surface area contributed by atoms with Crippen LogP contribution >= 0.6 is 11.6 Å². The lowest BCUT2D eigenvalue weighted by Gasteiger charge is -1.99. The molecule has 0 aliphatic heterocycles. The molecule has 0 saturated carbocycles. The summed E-state index contributed by atoms with van der Waals surface area (Å²) in [6.45, 7) is 4.09. The molecule has 1 nitrogen and oxygen atoms in total. The van der Waals surface area contributed by atoms with Gasteiger partial charge in [0, 0.05) is 17.8 Å². The molecule has 0 amide bonds. The number of hydrogen-bond donors (Lipinski definition) is 0. The third-order valence-corrected chi connectivity index (χ3v) is 2.27. The summed E-state index contributed by atoms with van der Waals surface area (Å²) in [5.41, 5.74) is 3.41. The van der Waals surface area contributed by atoms with E-state index in [0.29, 0.717) is 5.88 Å². The number of hydrogen-bond acceptors (Lipinski definition) is 1. The van der Waals surface area contributed by atoms with Gasteiger partial charge in [-0.25, -0.2) is 0 Å². The van der Waals surface area contributed by atoms with Gasteiger partial charge in [-0.05, 0) is 25.0 Å². The normalized spacial score (nSPS) is 11.8.